The van der Waals surface area contributed by atoms with E-state index in [-0.39, 0.29) is 0 Å². The van der Waals surface area contributed by atoms with Gasteiger partial charge in [0, 0.05) is 6.04 Å². The first-order valence-electron chi connectivity index (χ1n) is 7.87. The first-order valence-corrected chi connectivity index (χ1v) is 7.87. The van der Waals surface area contributed by atoms with Crippen LogP contribution >= 0.6 is 0 Å². The molecule has 3 rings (SSSR count). The molecule has 1 N–H and O–H groups in total. The van der Waals surface area contributed by atoms with Gasteiger partial charge in [0.25, 0.3) is 0 Å². The molecule has 104 valence electrons. The molecule has 2 aliphatic carbocycles. The van der Waals surface area contributed by atoms with E-state index in [0.29, 0.717) is 11.5 Å². The number of hydrogen-bond acceptors (Lipinski definition) is 1. The molecule has 1 aromatic carbocycles. The highest BCUT2D eigenvalue weighted by molar-refractivity contribution is 5.40. The molecule has 2 aliphatic rings. The van der Waals surface area contributed by atoms with Crippen molar-refractivity contribution < 1.29 is 0 Å². The summed E-state index contributed by atoms with van der Waals surface area (Å²) in [4.78, 5) is 0. The van der Waals surface area contributed by atoms with Gasteiger partial charge in [0.1, 0.15) is 0 Å². The van der Waals surface area contributed by atoms with Crippen LogP contribution in [-0.4, -0.2) is 13.1 Å². The third-order valence-corrected chi connectivity index (χ3v) is 5.70. The standard InChI is InChI=1S/C18H27N/c1-18(2)10-6-9-16(18)17(19-3)12-14-11-13-7-4-5-8-15(13)14/h4-5,7-8,14,16-17,19H,6,9-12H2,1-3H3. The topological polar surface area (TPSA) is 12.0 Å². The fraction of sp³-hybridized carbons (Fsp3) is 0.667. The van der Waals surface area contributed by atoms with Crippen molar-refractivity contribution in [1.82, 2.24) is 5.32 Å². The summed E-state index contributed by atoms with van der Waals surface area (Å²) in [7, 11) is 2.16. The Morgan fingerprint density at radius 2 is 2.11 bits per heavy atom. The van der Waals surface area contributed by atoms with Crippen molar-refractivity contribution in [3.63, 3.8) is 0 Å². The summed E-state index contributed by atoms with van der Waals surface area (Å²) in [5.74, 6) is 1.65. The first-order chi connectivity index (χ1) is 9.12. The zero-order chi connectivity index (χ0) is 13.5. The second-order valence-electron chi connectivity index (χ2n) is 7.22. The number of hydrogen-bond donors (Lipinski definition) is 1. The Kier molecular flexibility index (Phi) is 3.42. The van der Waals surface area contributed by atoms with Crippen molar-refractivity contribution in [3.8, 4) is 0 Å². The average Bonchev–Trinajstić information content (AvgIpc) is 2.71. The second-order valence-corrected chi connectivity index (χ2v) is 7.22. The lowest BCUT2D eigenvalue weighted by atomic mass is 9.69. The molecule has 0 saturated heterocycles. The van der Waals surface area contributed by atoms with Crippen LogP contribution in [-0.2, 0) is 6.42 Å². The summed E-state index contributed by atoms with van der Waals surface area (Å²) in [5, 5.41) is 3.63. The molecule has 0 heterocycles. The van der Waals surface area contributed by atoms with E-state index >= 15 is 0 Å². The van der Waals surface area contributed by atoms with E-state index in [0.717, 1.165) is 11.8 Å². The Balaban J connectivity index is 1.69. The third kappa shape index (κ3) is 2.33. The number of rotatable bonds is 4. The predicted octanol–water partition coefficient (Wildman–Crippen LogP) is 4.13. The average molecular weight is 257 g/mol. The predicted molar refractivity (Wildman–Crippen MR) is 81.5 cm³/mol. The summed E-state index contributed by atoms with van der Waals surface area (Å²) in [6, 6.07) is 9.68. The van der Waals surface area contributed by atoms with Crippen LogP contribution in [0.2, 0.25) is 0 Å². The molecular formula is C18H27N. The summed E-state index contributed by atoms with van der Waals surface area (Å²) in [6.07, 6.45) is 6.84. The van der Waals surface area contributed by atoms with E-state index in [9.17, 15) is 0 Å². The van der Waals surface area contributed by atoms with Crippen molar-refractivity contribution in [2.45, 2.75) is 57.9 Å². The van der Waals surface area contributed by atoms with Crippen LogP contribution in [0.4, 0.5) is 0 Å². The molecule has 1 heteroatoms. The maximum Gasteiger partial charge on any atom is 0.0103 e. The maximum absolute atomic E-state index is 3.63. The molecule has 1 saturated carbocycles. The fourth-order valence-corrected chi connectivity index (χ4v) is 4.46. The van der Waals surface area contributed by atoms with E-state index in [2.05, 4.69) is 50.5 Å². The highest BCUT2D eigenvalue weighted by Crippen LogP contribution is 2.47. The zero-order valence-electron chi connectivity index (χ0n) is 12.6. The molecule has 19 heavy (non-hydrogen) atoms. The van der Waals surface area contributed by atoms with Crippen LogP contribution in [0.5, 0.6) is 0 Å². The maximum atomic E-state index is 3.63. The van der Waals surface area contributed by atoms with Crippen LogP contribution in [0.25, 0.3) is 0 Å². The Labute approximate surface area is 117 Å². The van der Waals surface area contributed by atoms with Gasteiger partial charge in [0.15, 0.2) is 0 Å². The molecular weight excluding hydrogens is 230 g/mol. The second kappa shape index (κ2) is 4.94. The van der Waals surface area contributed by atoms with Gasteiger partial charge in [0.05, 0.1) is 0 Å². The third-order valence-electron chi connectivity index (χ3n) is 5.70. The van der Waals surface area contributed by atoms with Crippen molar-refractivity contribution in [2.75, 3.05) is 7.05 Å². The molecule has 0 aliphatic heterocycles. The summed E-state index contributed by atoms with van der Waals surface area (Å²) in [6.45, 7) is 4.92. The highest BCUT2D eigenvalue weighted by Gasteiger charge is 2.40. The number of benzene rings is 1. The molecule has 1 nitrogen and oxygen atoms in total. The van der Waals surface area contributed by atoms with Gasteiger partial charge in [-0.1, -0.05) is 44.5 Å². The van der Waals surface area contributed by atoms with Crippen LogP contribution in [0.3, 0.4) is 0 Å². The van der Waals surface area contributed by atoms with Gasteiger partial charge in [-0.3, -0.25) is 0 Å². The molecule has 0 radical (unpaired) electrons. The van der Waals surface area contributed by atoms with Crippen molar-refractivity contribution in [1.29, 1.82) is 0 Å². The zero-order valence-corrected chi connectivity index (χ0v) is 12.6. The van der Waals surface area contributed by atoms with Crippen molar-refractivity contribution in [3.05, 3.63) is 35.4 Å². The lowest BCUT2D eigenvalue weighted by Crippen LogP contribution is -2.41. The Bertz CT molecular complexity index is 449. The summed E-state index contributed by atoms with van der Waals surface area (Å²) in [5.41, 5.74) is 3.71. The van der Waals surface area contributed by atoms with Gasteiger partial charge < -0.3 is 5.32 Å². The lowest BCUT2D eigenvalue weighted by Gasteiger charge is -2.39. The molecule has 0 bridgehead atoms. The van der Waals surface area contributed by atoms with Crippen LogP contribution in [0.15, 0.2) is 24.3 Å². The van der Waals surface area contributed by atoms with Crippen LogP contribution in [0, 0.1) is 11.3 Å². The minimum absolute atomic E-state index is 0.525. The highest BCUT2D eigenvalue weighted by atomic mass is 14.9. The van der Waals surface area contributed by atoms with Crippen molar-refractivity contribution >= 4 is 0 Å². The van der Waals surface area contributed by atoms with E-state index < -0.39 is 0 Å². The van der Waals surface area contributed by atoms with E-state index in [1.54, 1.807) is 11.1 Å². The quantitative estimate of drug-likeness (QED) is 0.855. The first kappa shape index (κ1) is 13.2. The van der Waals surface area contributed by atoms with E-state index in [4.69, 9.17) is 0 Å². The Hall–Kier alpha value is -0.820. The number of nitrogens with one attached hydrogen (secondary N) is 1. The number of fused-ring (bicyclic) bond motifs is 1. The molecule has 3 unspecified atom stereocenters. The molecule has 1 aromatic rings. The van der Waals surface area contributed by atoms with Gasteiger partial charge in [-0.15, -0.1) is 0 Å². The molecule has 0 aromatic heterocycles. The Morgan fingerprint density at radius 1 is 1.32 bits per heavy atom. The van der Waals surface area contributed by atoms with Gasteiger partial charge in [0.2, 0.25) is 0 Å². The molecule has 0 amide bonds. The Morgan fingerprint density at radius 3 is 2.74 bits per heavy atom. The largest absolute Gasteiger partial charge is 0.317 e. The SMILES string of the molecule is CNC(CC1Cc2ccccc21)C1CCCC1(C)C. The minimum atomic E-state index is 0.525. The molecule has 3 atom stereocenters. The summed E-state index contributed by atoms with van der Waals surface area (Å²) < 4.78 is 0. The monoisotopic (exact) mass is 257 g/mol. The summed E-state index contributed by atoms with van der Waals surface area (Å²) >= 11 is 0. The fourth-order valence-electron chi connectivity index (χ4n) is 4.46. The minimum Gasteiger partial charge on any atom is -0.317 e. The smallest absolute Gasteiger partial charge is 0.0103 e. The van der Waals surface area contributed by atoms with E-state index in [1.165, 1.54) is 32.1 Å². The normalized spacial score (nSPS) is 29.6. The van der Waals surface area contributed by atoms with Gasteiger partial charge >= 0.3 is 0 Å². The van der Waals surface area contributed by atoms with Gasteiger partial charge in [-0.2, -0.15) is 0 Å². The van der Waals surface area contributed by atoms with Gasteiger partial charge in [-0.05, 0) is 61.1 Å². The van der Waals surface area contributed by atoms with E-state index in [1.807, 2.05) is 0 Å². The molecule has 0 spiro atoms. The van der Waals surface area contributed by atoms with Crippen molar-refractivity contribution in [2.24, 2.45) is 11.3 Å². The molecule has 1 fully saturated rings. The lowest BCUT2D eigenvalue weighted by molar-refractivity contribution is 0.187. The van der Waals surface area contributed by atoms with Gasteiger partial charge in [-0.25, -0.2) is 0 Å². The van der Waals surface area contributed by atoms with Crippen LogP contribution in [0.1, 0.15) is 56.6 Å². The van der Waals surface area contributed by atoms with Crippen LogP contribution < -0.4 is 5.32 Å².